The van der Waals surface area contributed by atoms with Gasteiger partial charge in [0.2, 0.25) is 0 Å². The number of rotatable bonds is 7. The van der Waals surface area contributed by atoms with E-state index in [1.54, 1.807) is 0 Å². The number of aliphatic hydroxyl groups is 3. The maximum Gasteiger partial charge on any atom is 0.0855 e. The van der Waals surface area contributed by atoms with Gasteiger partial charge in [-0.05, 0) is 19.8 Å². The van der Waals surface area contributed by atoms with Gasteiger partial charge in [0.05, 0.1) is 47.0 Å². The van der Waals surface area contributed by atoms with Gasteiger partial charge in [-0.25, -0.2) is 0 Å². The molecule has 0 amide bonds. The first-order valence-electron chi connectivity index (χ1n) is 5.45. The summed E-state index contributed by atoms with van der Waals surface area (Å²) in [5.74, 6) is 0. The lowest BCUT2D eigenvalue weighted by Crippen LogP contribution is -2.44. The topological polar surface area (TPSA) is 60.7 Å². The molecule has 0 heterocycles. The van der Waals surface area contributed by atoms with Crippen molar-refractivity contribution in [3.8, 4) is 0 Å². The van der Waals surface area contributed by atoms with E-state index in [-0.39, 0.29) is 19.8 Å². The van der Waals surface area contributed by atoms with Crippen LogP contribution < -0.4 is 0 Å². The Hall–Kier alpha value is -0.160. The number of hydrogen-bond donors (Lipinski definition) is 3. The first kappa shape index (κ1) is 14.8. The first-order valence-corrected chi connectivity index (χ1v) is 5.45. The van der Waals surface area contributed by atoms with Crippen molar-refractivity contribution in [3.63, 3.8) is 0 Å². The quantitative estimate of drug-likeness (QED) is 0.522. The van der Waals surface area contributed by atoms with E-state index in [2.05, 4.69) is 28.1 Å². The monoisotopic (exact) mass is 220 g/mol. The molecule has 0 spiro atoms. The summed E-state index contributed by atoms with van der Waals surface area (Å²) in [6, 6.07) is 0.439. The minimum atomic E-state index is -0.719. The van der Waals surface area contributed by atoms with Gasteiger partial charge in [-0.2, -0.15) is 0 Å². The summed E-state index contributed by atoms with van der Waals surface area (Å²) >= 11 is 0. The van der Waals surface area contributed by atoms with Crippen molar-refractivity contribution in [2.24, 2.45) is 5.41 Å². The van der Waals surface area contributed by atoms with E-state index in [1.807, 2.05) is 0 Å². The number of aliphatic hydroxyl groups excluding tert-OH is 3. The van der Waals surface area contributed by atoms with Crippen molar-refractivity contribution in [1.82, 2.24) is 0 Å². The van der Waals surface area contributed by atoms with Crippen LogP contribution in [0.15, 0.2) is 0 Å². The van der Waals surface area contributed by atoms with Gasteiger partial charge in [0.25, 0.3) is 0 Å². The van der Waals surface area contributed by atoms with Crippen LogP contribution in [0.1, 0.15) is 19.8 Å². The van der Waals surface area contributed by atoms with Crippen molar-refractivity contribution in [1.29, 1.82) is 0 Å². The smallest absolute Gasteiger partial charge is 0.0855 e. The zero-order valence-electron chi connectivity index (χ0n) is 10.4. The fourth-order valence-electron chi connectivity index (χ4n) is 1.29. The van der Waals surface area contributed by atoms with Gasteiger partial charge in [-0.3, -0.25) is 0 Å². The number of nitrogens with zero attached hydrogens (tertiary/aromatic N) is 1. The molecular formula is C11H26NO3+. The molecule has 0 radical (unpaired) electrons. The molecule has 0 saturated carbocycles. The Bertz CT molecular complexity index is 165. The summed E-state index contributed by atoms with van der Waals surface area (Å²) < 4.78 is 0.846. The minimum absolute atomic E-state index is 0.163. The predicted molar refractivity (Wildman–Crippen MR) is 60.4 cm³/mol. The molecule has 0 saturated heterocycles. The van der Waals surface area contributed by atoms with Gasteiger partial charge in [-0.1, -0.05) is 0 Å². The summed E-state index contributed by atoms with van der Waals surface area (Å²) in [5, 5.41) is 27.5. The fraction of sp³-hybridized carbons (Fsp3) is 1.00. The van der Waals surface area contributed by atoms with Crippen LogP contribution in [0.25, 0.3) is 0 Å². The molecule has 4 heteroatoms. The SMILES string of the molecule is CC(CCC(CO)(CO)CO)[N+](C)(C)C. The lowest BCUT2D eigenvalue weighted by Gasteiger charge is -2.35. The third kappa shape index (κ3) is 4.47. The Labute approximate surface area is 92.7 Å². The van der Waals surface area contributed by atoms with Crippen LogP contribution in [-0.4, -0.2) is 66.8 Å². The van der Waals surface area contributed by atoms with Crippen molar-refractivity contribution in [3.05, 3.63) is 0 Å². The van der Waals surface area contributed by atoms with E-state index in [4.69, 9.17) is 15.3 Å². The van der Waals surface area contributed by atoms with Crippen molar-refractivity contribution < 1.29 is 19.8 Å². The fourth-order valence-corrected chi connectivity index (χ4v) is 1.29. The second-order valence-electron chi connectivity index (χ2n) is 5.48. The van der Waals surface area contributed by atoms with Crippen LogP contribution >= 0.6 is 0 Å². The summed E-state index contributed by atoms with van der Waals surface area (Å²) in [4.78, 5) is 0. The average Bonchev–Trinajstić information content (AvgIpc) is 2.19. The summed E-state index contributed by atoms with van der Waals surface area (Å²) in [6.07, 6.45) is 1.53. The highest BCUT2D eigenvalue weighted by Crippen LogP contribution is 2.24. The molecule has 4 nitrogen and oxygen atoms in total. The maximum absolute atomic E-state index is 9.17. The second-order valence-corrected chi connectivity index (χ2v) is 5.48. The summed E-state index contributed by atoms with van der Waals surface area (Å²) in [7, 11) is 6.34. The molecule has 0 aliphatic rings. The largest absolute Gasteiger partial charge is 0.396 e. The number of quaternary nitrogens is 1. The average molecular weight is 220 g/mol. The van der Waals surface area contributed by atoms with Gasteiger partial charge in [0.1, 0.15) is 0 Å². The summed E-state index contributed by atoms with van der Waals surface area (Å²) in [6.45, 7) is 1.65. The Balaban J connectivity index is 4.23. The van der Waals surface area contributed by atoms with Gasteiger partial charge < -0.3 is 19.8 Å². The van der Waals surface area contributed by atoms with Gasteiger partial charge in [0, 0.05) is 5.41 Å². The van der Waals surface area contributed by atoms with Crippen LogP contribution in [0, 0.1) is 5.41 Å². The summed E-state index contributed by atoms with van der Waals surface area (Å²) in [5.41, 5.74) is -0.719. The zero-order valence-corrected chi connectivity index (χ0v) is 10.4. The molecule has 0 aromatic rings. The van der Waals surface area contributed by atoms with Crippen LogP contribution in [0.5, 0.6) is 0 Å². The second kappa shape index (κ2) is 5.80. The minimum Gasteiger partial charge on any atom is -0.396 e. The molecular weight excluding hydrogens is 194 g/mol. The first-order chi connectivity index (χ1) is 6.81. The molecule has 1 unspecified atom stereocenters. The standard InChI is InChI=1S/C11H26NO3/c1-10(12(2,3)4)5-6-11(7-13,8-14)9-15/h10,13-15H,5-9H2,1-4H3/q+1. The van der Waals surface area contributed by atoms with Crippen LogP contribution in [-0.2, 0) is 0 Å². The van der Waals surface area contributed by atoms with Crippen molar-refractivity contribution in [2.45, 2.75) is 25.8 Å². The molecule has 0 aromatic heterocycles. The lowest BCUT2D eigenvalue weighted by atomic mass is 9.84. The van der Waals surface area contributed by atoms with E-state index in [9.17, 15) is 0 Å². The van der Waals surface area contributed by atoms with E-state index in [0.29, 0.717) is 12.5 Å². The van der Waals surface area contributed by atoms with Gasteiger partial charge in [0.15, 0.2) is 0 Å². The van der Waals surface area contributed by atoms with E-state index < -0.39 is 5.41 Å². The zero-order chi connectivity index (χ0) is 12.1. The van der Waals surface area contributed by atoms with Crippen molar-refractivity contribution >= 4 is 0 Å². The lowest BCUT2D eigenvalue weighted by molar-refractivity contribution is -0.894. The molecule has 1 atom stereocenters. The molecule has 92 valence electrons. The normalized spacial score (nSPS) is 15.4. The van der Waals surface area contributed by atoms with E-state index >= 15 is 0 Å². The number of hydrogen-bond acceptors (Lipinski definition) is 3. The van der Waals surface area contributed by atoms with E-state index in [1.165, 1.54) is 0 Å². The Morgan fingerprint density at radius 3 is 1.67 bits per heavy atom. The van der Waals surface area contributed by atoms with E-state index in [0.717, 1.165) is 10.9 Å². The third-order valence-corrected chi connectivity index (χ3v) is 3.42. The highest BCUT2D eigenvalue weighted by molar-refractivity contribution is 4.77. The predicted octanol–water partition coefficient (Wildman–Crippen LogP) is -0.175. The van der Waals surface area contributed by atoms with Gasteiger partial charge >= 0.3 is 0 Å². The van der Waals surface area contributed by atoms with Gasteiger partial charge in [-0.15, -0.1) is 0 Å². The molecule has 0 rings (SSSR count). The van der Waals surface area contributed by atoms with Crippen molar-refractivity contribution in [2.75, 3.05) is 41.0 Å². The molecule has 0 aromatic carbocycles. The molecule has 0 aliphatic carbocycles. The van der Waals surface area contributed by atoms with Crippen LogP contribution in [0.3, 0.4) is 0 Å². The highest BCUT2D eigenvalue weighted by atomic mass is 16.3. The Morgan fingerprint density at radius 2 is 1.40 bits per heavy atom. The molecule has 0 aliphatic heterocycles. The Morgan fingerprint density at radius 1 is 1.00 bits per heavy atom. The Kier molecular flexibility index (Phi) is 5.73. The molecule has 15 heavy (non-hydrogen) atoms. The molecule has 0 fully saturated rings. The third-order valence-electron chi connectivity index (χ3n) is 3.42. The van der Waals surface area contributed by atoms with Crippen LogP contribution in [0.4, 0.5) is 0 Å². The maximum atomic E-state index is 9.17. The highest BCUT2D eigenvalue weighted by Gasteiger charge is 2.30. The molecule has 3 N–H and O–H groups in total. The molecule has 0 bridgehead atoms. The van der Waals surface area contributed by atoms with Crippen LogP contribution in [0.2, 0.25) is 0 Å².